The van der Waals surface area contributed by atoms with Crippen molar-refractivity contribution in [1.29, 1.82) is 0 Å². The summed E-state index contributed by atoms with van der Waals surface area (Å²) in [6, 6.07) is 15.3. The Morgan fingerprint density at radius 3 is 2.58 bits per heavy atom. The van der Waals surface area contributed by atoms with Crippen molar-refractivity contribution in [2.45, 2.75) is 45.8 Å². The second-order valence-corrected chi connectivity index (χ2v) is 10.3. The maximum Gasteiger partial charge on any atom is 0.338 e. The molecular formula is C29H28N2O4S. The average Bonchev–Trinajstić information content (AvgIpc) is 3.17. The number of carbonyl (C=O) groups is 1. The molecule has 1 aromatic heterocycles. The maximum absolute atomic E-state index is 13.8. The standard InChI is InChI=1S/C29H28N2O4S/c1-16(2)19-10-12-20(13-11-19)26-25(28(33)34-5)17(3)30-29-31(26)27(32)24(36-29)15-22-14-21-8-6-7-9-23(21)35-18(22)4/h6-16,18,26H,1-5H3/b24-15-. The summed E-state index contributed by atoms with van der Waals surface area (Å²) >= 11 is 1.32. The van der Waals surface area contributed by atoms with E-state index in [4.69, 9.17) is 9.47 Å². The number of esters is 1. The Morgan fingerprint density at radius 2 is 1.89 bits per heavy atom. The van der Waals surface area contributed by atoms with E-state index in [1.165, 1.54) is 24.0 Å². The van der Waals surface area contributed by atoms with Gasteiger partial charge in [0.25, 0.3) is 5.56 Å². The molecule has 0 amide bonds. The van der Waals surface area contributed by atoms with Gasteiger partial charge in [-0.3, -0.25) is 9.36 Å². The number of para-hydroxylation sites is 1. The van der Waals surface area contributed by atoms with Crippen LogP contribution in [0.15, 0.2) is 75.2 Å². The van der Waals surface area contributed by atoms with Crippen LogP contribution in [-0.4, -0.2) is 23.8 Å². The second-order valence-electron chi connectivity index (χ2n) is 9.34. The minimum Gasteiger partial charge on any atom is -0.485 e. The van der Waals surface area contributed by atoms with Crippen LogP contribution < -0.4 is 19.6 Å². The van der Waals surface area contributed by atoms with Crippen LogP contribution in [0.4, 0.5) is 0 Å². The highest BCUT2D eigenvalue weighted by Gasteiger charge is 2.33. The van der Waals surface area contributed by atoms with E-state index >= 15 is 0 Å². The molecule has 0 saturated carbocycles. The molecule has 0 fully saturated rings. The fourth-order valence-corrected chi connectivity index (χ4v) is 5.69. The topological polar surface area (TPSA) is 69.9 Å². The quantitative estimate of drug-likeness (QED) is 0.500. The van der Waals surface area contributed by atoms with Crippen molar-refractivity contribution in [1.82, 2.24) is 4.57 Å². The van der Waals surface area contributed by atoms with Crippen LogP contribution in [0.2, 0.25) is 0 Å². The Bertz CT molecular complexity index is 1590. The molecule has 3 heterocycles. The first-order valence-corrected chi connectivity index (χ1v) is 12.8. The van der Waals surface area contributed by atoms with Crippen molar-refractivity contribution in [2.75, 3.05) is 7.11 Å². The van der Waals surface area contributed by atoms with Crippen LogP contribution >= 0.6 is 11.3 Å². The summed E-state index contributed by atoms with van der Waals surface area (Å²) in [5, 5.41) is 0. The highest BCUT2D eigenvalue weighted by molar-refractivity contribution is 7.07. The lowest BCUT2D eigenvalue weighted by atomic mass is 9.93. The van der Waals surface area contributed by atoms with E-state index in [0.717, 1.165) is 22.4 Å². The predicted octanol–water partition coefficient (Wildman–Crippen LogP) is 4.35. The van der Waals surface area contributed by atoms with Gasteiger partial charge in [-0.25, -0.2) is 9.79 Å². The van der Waals surface area contributed by atoms with Crippen LogP contribution in [0.25, 0.3) is 12.2 Å². The number of aromatic nitrogens is 1. The minimum absolute atomic E-state index is 0.197. The monoisotopic (exact) mass is 500 g/mol. The molecule has 0 N–H and O–H groups in total. The number of hydrogen-bond donors (Lipinski definition) is 0. The van der Waals surface area contributed by atoms with E-state index < -0.39 is 12.0 Å². The predicted molar refractivity (Wildman–Crippen MR) is 142 cm³/mol. The summed E-state index contributed by atoms with van der Waals surface area (Å²) in [5.41, 5.74) is 4.63. The van der Waals surface area contributed by atoms with Gasteiger partial charge in [-0.2, -0.15) is 0 Å². The fraction of sp³-hybridized carbons (Fsp3) is 0.276. The molecule has 0 spiro atoms. The summed E-state index contributed by atoms with van der Waals surface area (Å²) in [6.07, 6.45) is 3.72. The first-order valence-electron chi connectivity index (χ1n) is 12.0. The molecule has 0 saturated heterocycles. The highest BCUT2D eigenvalue weighted by Crippen LogP contribution is 2.32. The van der Waals surface area contributed by atoms with Gasteiger partial charge in [-0.1, -0.05) is 67.6 Å². The summed E-state index contributed by atoms with van der Waals surface area (Å²) in [6.45, 7) is 8.01. The van der Waals surface area contributed by atoms with E-state index in [0.29, 0.717) is 26.5 Å². The molecule has 3 aromatic rings. The van der Waals surface area contributed by atoms with Crippen molar-refractivity contribution >= 4 is 29.5 Å². The number of fused-ring (bicyclic) bond motifs is 2. The average molecular weight is 501 g/mol. The first kappa shape index (κ1) is 24.0. The zero-order chi connectivity index (χ0) is 25.6. The van der Waals surface area contributed by atoms with Gasteiger partial charge in [-0.15, -0.1) is 0 Å². The van der Waals surface area contributed by atoms with E-state index in [1.54, 1.807) is 11.5 Å². The van der Waals surface area contributed by atoms with Crippen LogP contribution in [0.5, 0.6) is 5.75 Å². The van der Waals surface area contributed by atoms with Crippen molar-refractivity contribution in [3.63, 3.8) is 0 Å². The van der Waals surface area contributed by atoms with E-state index in [-0.39, 0.29) is 11.7 Å². The SMILES string of the molecule is COC(=O)C1=C(C)N=c2s/c(=C\C3=Cc4ccccc4OC3C)c(=O)n2C1c1ccc(C(C)C)cc1. The van der Waals surface area contributed by atoms with Crippen molar-refractivity contribution < 1.29 is 14.3 Å². The molecule has 184 valence electrons. The molecule has 0 aliphatic carbocycles. The van der Waals surface area contributed by atoms with Gasteiger partial charge in [-0.05, 0) is 54.7 Å². The summed E-state index contributed by atoms with van der Waals surface area (Å²) in [5.74, 6) is 0.709. The van der Waals surface area contributed by atoms with Crippen molar-refractivity contribution in [3.05, 3.63) is 102 Å². The number of ether oxygens (including phenoxy) is 2. The third-order valence-electron chi connectivity index (χ3n) is 6.66. The molecular weight excluding hydrogens is 472 g/mol. The molecule has 2 aromatic carbocycles. The summed E-state index contributed by atoms with van der Waals surface area (Å²) in [7, 11) is 1.35. The van der Waals surface area contributed by atoms with Crippen LogP contribution in [0.1, 0.15) is 56.3 Å². The van der Waals surface area contributed by atoms with Crippen LogP contribution in [0, 0.1) is 0 Å². The van der Waals surface area contributed by atoms with Gasteiger partial charge < -0.3 is 9.47 Å². The van der Waals surface area contributed by atoms with Crippen molar-refractivity contribution in [2.24, 2.45) is 4.99 Å². The Labute approximate surface area is 213 Å². The molecule has 0 radical (unpaired) electrons. The van der Waals surface area contributed by atoms with Crippen LogP contribution in [0.3, 0.4) is 0 Å². The normalized spacial score (nSPS) is 19.3. The van der Waals surface area contributed by atoms with Gasteiger partial charge in [0.1, 0.15) is 11.9 Å². The van der Waals surface area contributed by atoms with E-state index in [1.807, 2.05) is 61.5 Å². The van der Waals surface area contributed by atoms with Gasteiger partial charge in [0.2, 0.25) is 0 Å². The largest absolute Gasteiger partial charge is 0.485 e. The maximum atomic E-state index is 13.8. The number of benzene rings is 2. The summed E-state index contributed by atoms with van der Waals surface area (Å²) < 4.78 is 13.3. The zero-order valence-corrected chi connectivity index (χ0v) is 21.8. The highest BCUT2D eigenvalue weighted by atomic mass is 32.1. The van der Waals surface area contributed by atoms with Gasteiger partial charge in [0, 0.05) is 5.56 Å². The third-order valence-corrected chi connectivity index (χ3v) is 7.64. The molecule has 0 bridgehead atoms. The Kier molecular flexibility index (Phi) is 6.26. The minimum atomic E-state index is -0.619. The molecule has 2 atom stereocenters. The number of carbonyl (C=O) groups excluding carboxylic acids is 1. The zero-order valence-electron chi connectivity index (χ0n) is 20.9. The smallest absolute Gasteiger partial charge is 0.338 e. The number of allylic oxidation sites excluding steroid dienone is 1. The molecule has 5 rings (SSSR count). The lowest BCUT2D eigenvalue weighted by molar-refractivity contribution is -0.136. The summed E-state index contributed by atoms with van der Waals surface area (Å²) in [4.78, 5) is 31.8. The van der Waals surface area contributed by atoms with Gasteiger partial charge >= 0.3 is 5.97 Å². The molecule has 6 nitrogen and oxygen atoms in total. The first-order chi connectivity index (χ1) is 17.3. The Hall–Kier alpha value is -3.71. The number of methoxy groups -OCH3 is 1. The molecule has 36 heavy (non-hydrogen) atoms. The second kappa shape index (κ2) is 9.39. The van der Waals surface area contributed by atoms with E-state index in [9.17, 15) is 9.59 Å². The molecule has 7 heteroatoms. The number of thiazole rings is 1. The molecule has 2 unspecified atom stereocenters. The van der Waals surface area contributed by atoms with Gasteiger partial charge in [0.15, 0.2) is 4.80 Å². The lowest BCUT2D eigenvalue weighted by Gasteiger charge is -2.24. The van der Waals surface area contributed by atoms with Gasteiger partial charge in [0.05, 0.1) is 29.0 Å². The molecule has 2 aliphatic heterocycles. The number of rotatable bonds is 4. The number of nitrogens with zero attached hydrogens (tertiary/aromatic N) is 2. The van der Waals surface area contributed by atoms with E-state index in [2.05, 4.69) is 24.9 Å². The Morgan fingerprint density at radius 1 is 1.17 bits per heavy atom. The Balaban J connectivity index is 1.69. The van der Waals surface area contributed by atoms with Crippen molar-refractivity contribution in [3.8, 4) is 5.75 Å². The van der Waals surface area contributed by atoms with Crippen LogP contribution in [-0.2, 0) is 9.53 Å². The lowest BCUT2D eigenvalue weighted by Crippen LogP contribution is -2.40. The third kappa shape index (κ3) is 4.13. The fourth-order valence-electron chi connectivity index (χ4n) is 4.64. The molecule has 2 aliphatic rings. The number of hydrogen-bond acceptors (Lipinski definition) is 6.